The number of carbonyl (C=O) groups excluding carboxylic acids is 4. The molecule has 5 aliphatic carbocycles. The van der Waals surface area contributed by atoms with Crippen LogP contribution in [0.15, 0.2) is 114 Å². The van der Waals surface area contributed by atoms with Crippen LogP contribution in [0, 0.1) is 40.4 Å². The van der Waals surface area contributed by atoms with Crippen molar-refractivity contribution < 1.29 is 42.9 Å². The van der Waals surface area contributed by atoms with Crippen molar-refractivity contribution >= 4 is 45.9 Å². The summed E-state index contributed by atoms with van der Waals surface area (Å²) in [6.45, 7) is 12.2. The Morgan fingerprint density at radius 1 is 0.760 bits per heavy atom. The number of ether oxygens (including phenoxy) is 5. The zero-order chi connectivity index (χ0) is 53.8. The van der Waals surface area contributed by atoms with Crippen molar-refractivity contribution in [3.63, 3.8) is 0 Å². The third-order valence-electron chi connectivity index (χ3n) is 17.7. The summed E-state index contributed by atoms with van der Waals surface area (Å²) < 4.78 is 27.8. The highest BCUT2D eigenvalue weighted by Crippen LogP contribution is 2.67. The summed E-state index contributed by atoms with van der Waals surface area (Å²) >= 11 is 6.33. The molecule has 0 amide bonds. The molecule has 0 aromatic heterocycles. The van der Waals surface area contributed by atoms with E-state index in [0.29, 0.717) is 35.6 Å². The minimum absolute atomic E-state index is 0.118. The van der Waals surface area contributed by atoms with Gasteiger partial charge in [0.15, 0.2) is 23.1 Å². The molecular formula is C64H76ClNO9. The third kappa shape index (κ3) is 10.6. The van der Waals surface area contributed by atoms with Crippen LogP contribution < -0.4 is 18.9 Å². The van der Waals surface area contributed by atoms with E-state index in [4.69, 9.17) is 35.3 Å². The fourth-order valence-electron chi connectivity index (χ4n) is 13.9. The Kier molecular flexibility index (Phi) is 17.0. The normalized spacial score (nSPS) is 27.6. The minimum atomic E-state index is -1.42. The number of nitrogens with zero attached hydrogens (tertiary/aromatic N) is 1. The van der Waals surface area contributed by atoms with Gasteiger partial charge in [-0.2, -0.15) is 0 Å². The van der Waals surface area contributed by atoms with Gasteiger partial charge in [0.05, 0.1) is 21.3 Å². The first-order chi connectivity index (χ1) is 35.9. The second-order valence-electron chi connectivity index (χ2n) is 22.1. The average molecular weight is 1040 g/mol. The Bertz CT molecular complexity index is 2850. The van der Waals surface area contributed by atoms with Crippen LogP contribution in [0.2, 0.25) is 5.02 Å². The Balaban J connectivity index is 0.000000150. The van der Waals surface area contributed by atoms with Crippen LogP contribution in [0.3, 0.4) is 0 Å². The van der Waals surface area contributed by atoms with Crippen LogP contribution in [0.1, 0.15) is 126 Å². The van der Waals surface area contributed by atoms with E-state index in [1.54, 1.807) is 13.8 Å². The number of benzene rings is 4. The molecule has 0 N–H and O–H groups in total. The first-order valence-electron chi connectivity index (χ1n) is 26.9. The van der Waals surface area contributed by atoms with E-state index in [1.807, 2.05) is 6.08 Å². The van der Waals surface area contributed by atoms with Gasteiger partial charge in [0.2, 0.25) is 11.4 Å². The van der Waals surface area contributed by atoms with Gasteiger partial charge < -0.3 is 28.6 Å². The first kappa shape index (κ1) is 55.3. The SMILES string of the molecule is CC(=O)[C@H]1CC[C@H]2[C@@H]3CCC4=CC(=O)CC[C@]4(C)[C@H]3CC[C@]12C.CC/C(=C(\c1ccccc1)c1ccc(OCCN(C)C)cc1)c1ccccc1.COC1=CC(=O)C[C@@H](C)[C@]12Oc1c(Cl)c(OC)cc(OC)c1C2=O. The summed E-state index contributed by atoms with van der Waals surface area (Å²) in [6.07, 6.45) is 13.4. The van der Waals surface area contributed by atoms with E-state index in [9.17, 15) is 19.2 Å². The zero-order valence-corrected chi connectivity index (χ0v) is 46.4. The van der Waals surface area contributed by atoms with Crippen molar-refractivity contribution in [2.45, 2.75) is 104 Å². The van der Waals surface area contributed by atoms with Crippen LogP contribution in [-0.2, 0) is 19.1 Å². The molecule has 10 nitrogen and oxygen atoms in total. The number of allylic oxidation sites excluding steroid dienone is 3. The van der Waals surface area contributed by atoms with Crippen molar-refractivity contribution in [3.8, 4) is 23.0 Å². The molecule has 1 spiro atoms. The second-order valence-corrected chi connectivity index (χ2v) is 22.5. The van der Waals surface area contributed by atoms with Crippen molar-refractivity contribution in [1.82, 2.24) is 4.90 Å². The molecule has 10 rings (SSSR count). The highest BCUT2D eigenvalue weighted by molar-refractivity contribution is 6.35. The maximum absolute atomic E-state index is 13.3. The number of rotatable bonds is 12. The smallest absolute Gasteiger partial charge is 0.231 e. The second kappa shape index (κ2) is 23.1. The number of ketones is 4. The molecule has 1 heterocycles. The lowest BCUT2D eigenvalue weighted by atomic mass is 9.47. The molecule has 0 saturated heterocycles. The van der Waals surface area contributed by atoms with E-state index in [0.717, 1.165) is 62.2 Å². The predicted molar refractivity (Wildman–Crippen MR) is 297 cm³/mol. The Morgan fingerprint density at radius 3 is 2.03 bits per heavy atom. The molecule has 3 saturated carbocycles. The predicted octanol–water partition coefficient (Wildman–Crippen LogP) is 13.5. The minimum Gasteiger partial charge on any atom is -0.496 e. The lowest BCUT2D eigenvalue weighted by molar-refractivity contribution is -0.128. The van der Waals surface area contributed by atoms with Crippen molar-refractivity contribution in [3.05, 3.63) is 142 Å². The summed E-state index contributed by atoms with van der Waals surface area (Å²) in [5.41, 5.74) is 7.12. The van der Waals surface area contributed by atoms with E-state index in [2.05, 4.69) is 125 Å². The maximum Gasteiger partial charge on any atom is 0.231 e. The molecule has 4 aromatic carbocycles. The van der Waals surface area contributed by atoms with Crippen LogP contribution in [-0.4, -0.2) is 82.2 Å². The Hall–Kier alpha value is -5.97. The number of likely N-dealkylation sites (N-methyl/N-ethyl adjacent to an activating group) is 1. The van der Waals surface area contributed by atoms with Crippen LogP contribution in [0.5, 0.6) is 23.0 Å². The molecule has 1 aliphatic heterocycles. The number of methoxy groups -OCH3 is 3. The van der Waals surface area contributed by atoms with Crippen LogP contribution >= 0.6 is 11.6 Å². The van der Waals surface area contributed by atoms with Gasteiger partial charge in [-0.1, -0.05) is 118 Å². The summed E-state index contributed by atoms with van der Waals surface area (Å²) in [4.78, 5) is 51.2. The van der Waals surface area contributed by atoms with Gasteiger partial charge in [-0.3, -0.25) is 19.2 Å². The van der Waals surface area contributed by atoms with E-state index in [-0.39, 0.29) is 50.9 Å². The third-order valence-corrected chi connectivity index (χ3v) is 18.1. The van der Waals surface area contributed by atoms with Gasteiger partial charge >= 0.3 is 0 Å². The lowest BCUT2D eigenvalue weighted by Gasteiger charge is -2.58. The largest absolute Gasteiger partial charge is 0.496 e. The van der Waals surface area contributed by atoms with E-state index in [1.165, 1.54) is 92.6 Å². The van der Waals surface area contributed by atoms with Crippen molar-refractivity contribution in [1.29, 1.82) is 0 Å². The molecule has 0 radical (unpaired) electrons. The topological polar surface area (TPSA) is 118 Å². The highest BCUT2D eigenvalue weighted by Gasteiger charge is 2.61. The standard InChI is InChI=1S/C26H29NO.C21H30O2.C17H17ClO6/c1-4-25(21-11-7-5-8-12-21)26(22-13-9-6-10-14-22)23-15-17-24(18-16-23)28-20-19-27(2)3;1-13(22)17-6-7-18-16-5-4-14-12-15(23)8-10-20(14,2)19(16)9-11-21(17,18)3;1-8-5-9(19)6-12(23-4)17(8)16(20)13-10(21-2)7-11(22-3)14(18)15(13)24-17/h5-18H,4,19-20H2,1-3H3;12,16-19H,4-11H2,1-3H3;6-8H,5H2,1-4H3/b26-25-;;/t;16-,17+,18-,19-,20-,21+;8-,17+/m.01/s1. The maximum atomic E-state index is 13.3. The molecule has 6 aliphatic rings. The monoisotopic (exact) mass is 1040 g/mol. The number of hydrogen-bond donors (Lipinski definition) is 0. The van der Waals surface area contributed by atoms with Gasteiger partial charge in [0.25, 0.3) is 0 Å². The van der Waals surface area contributed by atoms with Crippen molar-refractivity contribution in [2.24, 2.45) is 40.4 Å². The molecule has 398 valence electrons. The van der Waals surface area contributed by atoms with Crippen LogP contribution in [0.4, 0.5) is 0 Å². The van der Waals surface area contributed by atoms with Gasteiger partial charge in [-0.25, -0.2) is 0 Å². The summed E-state index contributed by atoms with van der Waals surface area (Å²) in [5, 5.41) is 0.179. The Labute approximate surface area is 449 Å². The molecule has 8 atom stereocenters. The van der Waals surface area contributed by atoms with Gasteiger partial charge in [0, 0.05) is 43.4 Å². The van der Waals surface area contributed by atoms with E-state index < -0.39 is 11.5 Å². The lowest BCUT2D eigenvalue weighted by Crippen LogP contribution is -2.51. The van der Waals surface area contributed by atoms with Crippen LogP contribution in [0.25, 0.3) is 11.1 Å². The number of fused-ring (bicyclic) bond motifs is 6. The number of halogens is 1. The number of hydrogen-bond acceptors (Lipinski definition) is 10. The van der Waals surface area contributed by atoms with Crippen molar-refractivity contribution in [2.75, 3.05) is 48.6 Å². The molecule has 0 bridgehead atoms. The molecule has 3 fully saturated rings. The number of Topliss-reactive ketones (excluding diaryl/α,β-unsaturated/α-hetero) is 2. The Morgan fingerprint density at radius 2 is 1.41 bits per heavy atom. The van der Waals surface area contributed by atoms with Gasteiger partial charge in [0.1, 0.15) is 40.2 Å². The molecule has 11 heteroatoms. The summed E-state index contributed by atoms with van der Waals surface area (Å²) in [5.74, 6) is 4.31. The van der Waals surface area contributed by atoms with Gasteiger partial charge in [-0.05, 0) is 147 Å². The molecular weight excluding hydrogens is 962 g/mol. The zero-order valence-electron chi connectivity index (χ0n) is 45.7. The molecule has 4 aromatic rings. The summed E-state index contributed by atoms with van der Waals surface area (Å²) in [7, 11) is 8.42. The average Bonchev–Trinajstić information content (AvgIpc) is 3.93. The summed E-state index contributed by atoms with van der Waals surface area (Å²) in [6, 6.07) is 31.4. The first-order valence-corrected chi connectivity index (χ1v) is 27.3. The fraction of sp³-hybridized carbons (Fsp3) is 0.469. The quantitative estimate of drug-likeness (QED) is 0.127. The molecule has 75 heavy (non-hydrogen) atoms. The van der Waals surface area contributed by atoms with Gasteiger partial charge in [-0.15, -0.1) is 0 Å². The van der Waals surface area contributed by atoms with E-state index >= 15 is 0 Å². The molecule has 0 unspecified atom stereocenters. The highest BCUT2D eigenvalue weighted by atomic mass is 35.5. The number of carbonyl (C=O) groups is 4. The fourth-order valence-corrected chi connectivity index (χ4v) is 14.1.